The zero-order valence-electron chi connectivity index (χ0n) is 13.7. The molecular weight excluding hydrogens is 341 g/mol. The zero-order chi connectivity index (χ0) is 17.0. The Kier molecular flexibility index (Phi) is 3.59. The van der Waals surface area contributed by atoms with Crippen molar-refractivity contribution in [2.45, 2.75) is 26.9 Å². The van der Waals surface area contributed by atoms with Crippen molar-refractivity contribution in [3.63, 3.8) is 0 Å². The summed E-state index contributed by atoms with van der Waals surface area (Å²) in [6, 6.07) is 12.1. The molecule has 1 unspecified atom stereocenters. The van der Waals surface area contributed by atoms with Gasteiger partial charge >= 0.3 is 0 Å². The second-order valence-electron chi connectivity index (χ2n) is 6.33. The summed E-state index contributed by atoms with van der Waals surface area (Å²) in [4.78, 5) is 0. The van der Waals surface area contributed by atoms with Gasteiger partial charge in [-0.05, 0) is 50.6 Å². The second-order valence-corrected chi connectivity index (χ2v) is 7.18. The predicted octanol–water partition coefficient (Wildman–Crippen LogP) is 5.75. The molecule has 0 saturated carbocycles. The molecule has 0 saturated heterocycles. The Bertz CT molecular complexity index is 959. The zero-order valence-corrected chi connectivity index (χ0v) is 15.2. The molecule has 24 heavy (non-hydrogen) atoms. The number of hydrogen-bond acceptors (Lipinski definition) is 2. The van der Waals surface area contributed by atoms with Crippen molar-refractivity contribution in [3.8, 4) is 11.3 Å². The lowest BCUT2D eigenvalue weighted by atomic mass is 9.98. The van der Waals surface area contributed by atoms with E-state index in [1.54, 1.807) is 6.07 Å². The SMILES string of the molecule is Cc1cc(C)c2c(c1)-c1cc(C)nn1C(c1ccc(Cl)cc1Cl)N2. The number of halogens is 2. The summed E-state index contributed by atoms with van der Waals surface area (Å²) < 4.78 is 2.01. The van der Waals surface area contributed by atoms with Gasteiger partial charge in [-0.1, -0.05) is 40.9 Å². The van der Waals surface area contributed by atoms with Crippen molar-refractivity contribution < 1.29 is 0 Å². The Morgan fingerprint density at radius 1 is 1.04 bits per heavy atom. The van der Waals surface area contributed by atoms with E-state index in [4.69, 9.17) is 28.3 Å². The van der Waals surface area contributed by atoms with Gasteiger partial charge in [0.25, 0.3) is 0 Å². The van der Waals surface area contributed by atoms with Gasteiger partial charge in [-0.3, -0.25) is 0 Å². The van der Waals surface area contributed by atoms with Crippen LogP contribution in [0.3, 0.4) is 0 Å². The molecule has 3 nitrogen and oxygen atoms in total. The second kappa shape index (κ2) is 5.54. The molecule has 0 radical (unpaired) electrons. The Hall–Kier alpha value is -1.97. The minimum atomic E-state index is -0.160. The summed E-state index contributed by atoms with van der Waals surface area (Å²) in [7, 11) is 0. The quantitative estimate of drug-likeness (QED) is 0.600. The largest absolute Gasteiger partial charge is 0.359 e. The molecule has 0 fully saturated rings. The first-order valence-electron chi connectivity index (χ1n) is 7.83. The summed E-state index contributed by atoms with van der Waals surface area (Å²) in [5, 5.41) is 9.56. The molecule has 4 rings (SSSR count). The van der Waals surface area contributed by atoms with Crippen LogP contribution in [0, 0.1) is 20.8 Å². The molecule has 1 atom stereocenters. The molecule has 1 aliphatic rings. The molecule has 0 aliphatic carbocycles. The van der Waals surface area contributed by atoms with Gasteiger partial charge in [-0.2, -0.15) is 5.10 Å². The van der Waals surface area contributed by atoms with Crippen LogP contribution in [-0.4, -0.2) is 9.78 Å². The van der Waals surface area contributed by atoms with Crippen molar-refractivity contribution in [2.24, 2.45) is 0 Å². The summed E-state index contributed by atoms with van der Waals surface area (Å²) >= 11 is 12.5. The van der Waals surface area contributed by atoms with E-state index in [0.717, 1.165) is 22.6 Å². The highest BCUT2D eigenvalue weighted by Gasteiger charge is 2.28. The van der Waals surface area contributed by atoms with Crippen LogP contribution in [0.5, 0.6) is 0 Å². The van der Waals surface area contributed by atoms with Crippen LogP contribution in [0.15, 0.2) is 36.4 Å². The molecule has 2 heterocycles. The average molecular weight is 358 g/mol. The molecule has 1 N–H and O–H groups in total. The topological polar surface area (TPSA) is 29.9 Å². The Morgan fingerprint density at radius 3 is 2.58 bits per heavy atom. The normalized spacial score (nSPS) is 15.6. The molecule has 5 heteroatoms. The van der Waals surface area contributed by atoms with Gasteiger partial charge < -0.3 is 5.32 Å². The van der Waals surface area contributed by atoms with Crippen LogP contribution < -0.4 is 5.32 Å². The molecule has 122 valence electrons. The van der Waals surface area contributed by atoms with Gasteiger partial charge in [-0.15, -0.1) is 0 Å². The van der Waals surface area contributed by atoms with Crippen LogP contribution in [-0.2, 0) is 0 Å². The van der Waals surface area contributed by atoms with Gasteiger partial charge in [0.15, 0.2) is 0 Å². The number of aromatic nitrogens is 2. The highest BCUT2D eigenvalue weighted by atomic mass is 35.5. The first kappa shape index (κ1) is 15.6. The highest BCUT2D eigenvalue weighted by Crippen LogP contribution is 2.42. The van der Waals surface area contributed by atoms with Gasteiger partial charge in [0.2, 0.25) is 0 Å². The molecular formula is C19H17Cl2N3. The number of fused-ring (bicyclic) bond motifs is 3. The number of benzene rings is 2. The van der Waals surface area contributed by atoms with E-state index in [1.807, 2.05) is 23.7 Å². The number of rotatable bonds is 1. The van der Waals surface area contributed by atoms with Crippen LogP contribution in [0.1, 0.15) is 28.6 Å². The van der Waals surface area contributed by atoms with Crippen LogP contribution in [0.2, 0.25) is 10.0 Å². The highest BCUT2D eigenvalue weighted by molar-refractivity contribution is 6.35. The van der Waals surface area contributed by atoms with Crippen LogP contribution >= 0.6 is 23.2 Å². The molecule has 0 bridgehead atoms. The maximum absolute atomic E-state index is 6.46. The maximum atomic E-state index is 6.46. The number of anilines is 1. The third kappa shape index (κ3) is 2.40. The summed E-state index contributed by atoms with van der Waals surface area (Å²) in [5.74, 6) is 0. The van der Waals surface area contributed by atoms with E-state index >= 15 is 0 Å². The van der Waals surface area contributed by atoms with E-state index in [0.29, 0.717) is 10.0 Å². The smallest absolute Gasteiger partial charge is 0.148 e. The van der Waals surface area contributed by atoms with Crippen molar-refractivity contribution in [3.05, 3.63) is 68.8 Å². The monoisotopic (exact) mass is 357 g/mol. The Balaban J connectivity index is 1.95. The predicted molar refractivity (Wildman–Crippen MR) is 100 cm³/mol. The summed E-state index contributed by atoms with van der Waals surface area (Å²) in [6.45, 7) is 6.25. The summed E-state index contributed by atoms with van der Waals surface area (Å²) in [6.07, 6.45) is -0.160. The van der Waals surface area contributed by atoms with Crippen LogP contribution in [0.4, 0.5) is 5.69 Å². The van der Waals surface area contributed by atoms with Crippen molar-refractivity contribution in [1.29, 1.82) is 0 Å². The maximum Gasteiger partial charge on any atom is 0.148 e. The van der Waals surface area contributed by atoms with Crippen LogP contribution in [0.25, 0.3) is 11.3 Å². The summed E-state index contributed by atoms with van der Waals surface area (Å²) in [5.41, 5.74) is 7.79. The van der Waals surface area contributed by atoms with E-state index in [1.165, 1.54) is 16.7 Å². The fourth-order valence-corrected chi connectivity index (χ4v) is 3.92. The van der Waals surface area contributed by atoms with E-state index in [9.17, 15) is 0 Å². The molecule has 1 aliphatic heterocycles. The van der Waals surface area contributed by atoms with Gasteiger partial charge in [-0.25, -0.2) is 4.68 Å². The molecule has 2 aromatic carbocycles. The minimum absolute atomic E-state index is 0.160. The molecule has 3 aromatic rings. The molecule has 0 spiro atoms. The third-order valence-electron chi connectivity index (χ3n) is 4.40. The van der Waals surface area contributed by atoms with Crippen molar-refractivity contribution in [1.82, 2.24) is 9.78 Å². The number of nitrogens with one attached hydrogen (secondary N) is 1. The average Bonchev–Trinajstić information content (AvgIpc) is 2.89. The lowest BCUT2D eigenvalue weighted by Crippen LogP contribution is -2.26. The number of nitrogens with zero attached hydrogens (tertiary/aromatic N) is 2. The van der Waals surface area contributed by atoms with Crippen molar-refractivity contribution in [2.75, 3.05) is 5.32 Å². The van der Waals surface area contributed by atoms with Crippen molar-refractivity contribution >= 4 is 28.9 Å². The first-order chi connectivity index (χ1) is 11.4. The van der Waals surface area contributed by atoms with Gasteiger partial charge in [0.05, 0.1) is 11.4 Å². The Morgan fingerprint density at radius 2 is 1.83 bits per heavy atom. The lowest BCUT2D eigenvalue weighted by Gasteiger charge is -2.31. The number of hydrogen-bond donors (Lipinski definition) is 1. The van der Waals surface area contributed by atoms with E-state index in [-0.39, 0.29) is 6.17 Å². The van der Waals surface area contributed by atoms with Gasteiger partial charge in [0.1, 0.15) is 6.17 Å². The first-order valence-corrected chi connectivity index (χ1v) is 8.59. The Labute approximate surface area is 151 Å². The standard InChI is InChI=1S/C19H17Cl2N3/c1-10-6-11(2)18-15(7-10)17-8-12(3)23-24(17)19(22-18)14-5-4-13(20)9-16(14)21/h4-9,19,22H,1-3H3. The van der Waals surface area contributed by atoms with Gasteiger partial charge in [0, 0.05) is 26.9 Å². The minimum Gasteiger partial charge on any atom is -0.359 e. The van der Waals surface area contributed by atoms with E-state index < -0.39 is 0 Å². The molecule has 0 amide bonds. The third-order valence-corrected chi connectivity index (χ3v) is 4.96. The fraction of sp³-hybridized carbons (Fsp3) is 0.211. The molecule has 1 aromatic heterocycles. The van der Waals surface area contributed by atoms with E-state index in [2.05, 4.69) is 37.4 Å². The number of aryl methyl sites for hydroxylation is 3. The lowest BCUT2D eigenvalue weighted by molar-refractivity contribution is 0.571. The fourth-order valence-electron chi connectivity index (χ4n) is 3.41.